The fourth-order valence-corrected chi connectivity index (χ4v) is 2.45. The SMILES string of the molecule is CSC1(CNc2cc(Cl)c(F)cc2N)CC1. The molecule has 0 heterocycles. The summed E-state index contributed by atoms with van der Waals surface area (Å²) in [4.78, 5) is 0. The van der Waals surface area contributed by atoms with Gasteiger partial charge in [-0.1, -0.05) is 11.6 Å². The molecule has 1 fully saturated rings. The lowest BCUT2D eigenvalue weighted by atomic mass is 10.2. The Hall–Kier alpha value is -0.610. The van der Waals surface area contributed by atoms with E-state index in [4.69, 9.17) is 17.3 Å². The predicted octanol–water partition coefficient (Wildman–Crippen LogP) is 3.37. The molecule has 1 saturated carbocycles. The molecule has 2 rings (SSSR count). The second kappa shape index (κ2) is 4.34. The molecular formula is C11H14ClFN2S. The average molecular weight is 261 g/mol. The molecule has 0 saturated heterocycles. The van der Waals surface area contributed by atoms with Crippen molar-refractivity contribution in [3.05, 3.63) is 23.0 Å². The van der Waals surface area contributed by atoms with Gasteiger partial charge in [0.25, 0.3) is 0 Å². The normalized spacial score (nSPS) is 17.2. The monoisotopic (exact) mass is 260 g/mol. The lowest BCUT2D eigenvalue weighted by Gasteiger charge is -2.15. The van der Waals surface area contributed by atoms with Crippen molar-refractivity contribution in [3.63, 3.8) is 0 Å². The lowest BCUT2D eigenvalue weighted by Crippen LogP contribution is -2.18. The highest BCUT2D eigenvalue weighted by Gasteiger charge is 2.41. The van der Waals surface area contributed by atoms with Crippen LogP contribution in [-0.2, 0) is 0 Å². The largest absolute Gasteiger partial charge is 0.397 e. The van der Waals surface area contributed by atoms with Crippen LogP contribution < -0.4 is 11.1 Å². The summed E-state index contributed by atoms with van der Waals surface area (Å²) in [6.45, 7) is 0.848. The molecule has 0 bridgehead atoms. The number of nitrogens with two attached hydrogens (primary N) is 1. The highest BCUT2D eigenvalue weighted by atomic mass is 35.5. The van der Waals surface area contributed by atoms with Gasteiger partial charge in [-0.3, -0.25) is 0 Å². The second-order valence-corrected chi connectivity index (χ2v) is 5.78. The van der Waals surface area contributed by atoms with Gasteiger partial charge in [0, 0.05) is 17.4 Å². The van der Waals surface area contributed by atoms with Crippen molar-refractivity contribution in [2.24, 2.45) is 0 Å². The molecule has 0 atom stereocenters. The molecule has 88 valence electrons. The highest BCUT2D eigenvalue weighted by molar-refractivity contribution is 8.00. The Morgan fingerprint density at radius 3 is 2.81 bits per heavy atom. The molecule has 0 unspecified atom stereocenters. The van der Waals surface area contributed by atoms with E-state index in [-0.39, 0.29) is 5.02 Å². The number of thioether (sulfide) groups is 1. The van der Waals surface area contributed by atoms with E-state index in [2.05, 4.69) is 11.6 Å². The van der Waals surface area contributed by atoms with Crippen molar-refractivity contribution < 1.29 is 4.39 Å². The van der Waals surface area contributed by atoms with Crippen LogP contribution in [0.15, 0.2) is 12.1 Å². The maximum Gasteiger partial charge on any atom is 0.143 e. The first kappa shape index (κ1) is 11.9. The summed E-state index contributed by atoms with van der Waals surface area (Å²) in [6.07, 6.45) is 4.54. The third-order valence-corrected chi connectivity index (χ3v) is 4.64. The number of rotatable bonds is 4. The Bertz CT molecular complexity index is 407. The minimum Gasteiger partial charge on any atom is -0.397 e. The first-order valence-corrected chi connectivity index (χ1v) is 6.70. The zero-order valence-electron chi connectivity index (χ0n) is 9.02. The maximum atomic E-state index is 13.1. The van der Waals surface area contributed by atoms with Gasteiger partial charge in [-0.2, -0.15) is 11.8 Å². The number of benzene rings is 1. The van der Waals surface area contributed by atoms with Gasteiger partial charge in [0.15, 0.2) is 0 Å². The third-order valence-electron chi connectivity index (χ3n) is 2.93. The topological polar surface area (TPSA) is 38.0 Å². The van der Waals surface area contributed by atoms with Crippen LogP contribution in [0.4, 0.5) is 15.8 Å². The van der Waals surface area contributed by atoms with Crippen molar-refractivity contribution in [2.75, 3.05) is 23.9 Å². The van der Waals surface area contributed by atoms with Crippen molar-refractivity contribution >= 4 is 34.7 Å². The summed E-state index contributed by atoms with van der Waals surface area (Å²) in [5, 5.41) is 3.34. The van der Waals surface area contributed by atoms with Gasteiger partial charge < -0.3 is 11.1 Å². The summed E-state index contributed by atoms with van der Waals surface area (Å²) < 4.78 is 13.4. The van der Waals surface area contributed by atoms with Gasteiger partial charge in [0.05, 0.1) is 16.4 Å². The molecule has 2 nitrogen and oxygen atoms in total. The number of anilines is 2. The van der Waals surface area contributed by atoms with E-state index in [1.54, 1.807) is 6.07 Å². The molecule has 5 heteroatoms. The summed E-state index contributed by atoms with van der Waals surface area (Å²) in [6, 6.07) is 2.80. The minimum atomic E-state index is -0.476. The molecular weight excluding hydrogens is 247 g/mol. The van der Waals surface area contributed by atoms with E-state index in [9.17, 15) is 4.39 Å². The molecule has 0 aliphatic heterocycles. The van der Waals surface area contributed by atoms with E-state index in [0.717, 1.165) is 6.54 Å². The van der Waals surface area contributed by atoms with Crippen LogP contribution in [0.5, 0.6) is 0 Å². The Morgan fingerprint density at radius 1 is 1.56 bits per heavy atom. The van der Waals surface area contributed by atoms with E-state index in [0.29, 0.717) is 16.1 Å². The summed E-state index contributed by atoms with van der Waals surface area (Å²) >= 11 is 7.57. The van der Waals surface area contributed by atoms with E-state index in [1.165, 1.54) is 18.9 Å². The number of hydrogen-bond donors (Lipinski definition) is 2. The Balaban J connectivity index is 2.07. The third kappa shape index (κ3) is 2.38. The first-order valence-electron chi connectivity index (χ1n) is 5.10. The van der Waals surface area contributed by atoms with Crippen LogP contribution >= 0.6 is 23.4 Å². The van der Waals surface area contributed by atoms with E-state index >= 15 is 0 Å². The van der Waals surface area contributed by atoms with Crippen LogP contribution in [0.3, 0.4) is 0 Å². The molecule has 1 aliphatic rings. The highest BCUT2D eigenvalue weighted by Crippen LogP contribution is 2.47. The zero-order valence-corrected chi connectivity index (χ0v) is 10.6. The molecule has 0 amide bonds. The Kier molecular flexibility index (Phi) is 3.22. The molecule has 0 spiro atoms. The van der Waals surface area contributed by atoms with E-state index < -0.39 is 5.82 Å². The van der Waals surface area contributed by atoms with E-state index in [1.807, 2.05) is 11.8 Å². The van der Waals surface area contributed by atoms with Crippen LogP contribution in [0, 0.1) is 5.82 Å². The predicted molar refractivity (Wildman–Crippen MR) is 69.8 cm³/mol. The Morgan fingerprint density at radius 2 is 2.25 bits per heavy atom. The van der Waals surface area contributed by atoms with Gasteiger partial charge in [-0.25, -0.2) is 4.39 Å². The minimum absolute atomic E-state index is 0.102. The second-order valence-electron chi connectivity index (χ2n) is 4.09. The number of nitrogens with one attached hydrogen (secondary N) is 1. The van der Waals surface area contributed by atoms with Crippen LogP contribution in [0.2, 0.25) is 5.02 Å². The molecule has 1 aromatic rings. The van der Waals surface area contributed by atoms with Crippen molar-refractivity contribution in [3.8, 4) is 0 Å². The van der Waals surface area contributed by atoms with Crippen LogP contribution in [-0.4, -0.2) is 17.5 Å². The summed E-state index contributed by atoms with van der Waals surface area (Å²) in [7, 11) is 0. The summed E-state index contributed by atoms with van der Waals surface area (Å²) in [5.41, 5.74) is 6.83. The Labute approximate surface area is 104 Å². The zero-order chi connectivity index (χ0) is 11.8. The fraction of sp³-hybridized carbons (Fsp3) is 0.455. The molecule has 0 aromatic heterocycles. The van der Waals surface area contributed by atoms with Crippen molar-refractivity contribution in [1.29, 1.82) is 0 Å². The smallest absolute Gasteiger partial charge is 0.143 e. The molecule has 1 aliphatic carbocycles. The first-order chi connectivity index (χ1) is 7.56. The number of hydrogen-bond acceptors (Lipinski definition) is 3. The fourth-order valence-electron chi connectivity index (χ4n) is 1.56. The van der Waals surface area contributed by atoms with Crippen molar-refractivity contribution in [2.45, 2.75) is 17.6 Å². The number of halogens is 2. The van der Waals surface area contributed by atoms with Gasteiger partial charge >= 0.3 is 0 Å². The molecule has 0 radical (unpaired) electrons. The average Bonchev–Trinajstić information content (AvgIpc) is 3.02. The molecule has 3 N–H and O–H groups in total. The van der Waals surface area contributed by atoms with Gasteiger partial charge in [-0.05, 0) is 25.2 Å². The summed E-state index contributed by atoms with van der Waals surface area (Å²) in [5.74, 6) is -0.476. The maximum absolute atomic E-state index is 13.1. The van der Waals surface area contributed by atoms with Gasteiger partial charge in [0.2, 0.25) is 0 Å². The quantitative estimate of drug-likeness (QED) is 0.816. The molecule has 1 aromatic carbocycles. The van der Waals surface area contributed by atoms with Gasteiger partial charge in [0.1, 0.15) is 5.82 Å². The van der Waals surface area contributed by atoms with Crippen LogP contribution in [0.1, 0.15) is 12.8 Å². The number of nitrogen functional groups attached to an aromatic ring is 1. The van der Waals surface area contributed by atoms with Crippen LogP contribution in [0.25, 0.3) is 0 Å². The lowest BCUT2D eigenvalue weighted by molar-refractivity contribution is 0.629. The van der Waals surface area contributed by atoms with Gasteiger partial charge in [-0.15, -0.1) is 0 Å². The molecule has 16 heavy (non-hydrogen) atoms. The standard InChI is InChI=1S/C11H14ClFN2S/c1-16-11(2-3-11)6-15-10-4-7(12)8(13)5-9(10)14/h4-5,15H,2-3,6,14H2,1H3. The van der Waals surface area contributed by atoms with Crippen molar-refractivity contribution in [1.82, 2.24) is 0 Å².